The number of piperazine rings is 1. The molecule has 6 nitrogen and oxygen atoms in total. The second-order valence-electron chi connectivity index (χ2n) is 7.07. The topological polar surface area (TPSA) is 69.7 Å². The molecule has 2 aliphatic rings. The van der Waals surface area contributed by atoms with Gasteiger partial charge in [-0.15, -0.1) is 0 Å². The normalized spacial score (nSPS) is 18.0. The first-order valence-corrected chi connectivity index (χ1v) is 9.43. The number of benzene rings is 1. The van der Waals surface area contributed by atoms with E-state index in [1.807, 2.05) is 19.1 Å². The molecular weight excluding hydrogens is 330 g/mol. The van der Waals surface area contributed by atoms with Gasteiger partial charge in [0, 0.05) is 56.8 Å². The molecule has 0 aromatic heterocycles. The largest absolute Gasteiger partial charge is 0.369 e. The van der Waals surface area contributed by atoms with Crippen LogP contribution in [0.25, 0.3) is 0 Å². The number of fused-ring (bicyclic) bond motifs is 1. The summed E-state index contributed by atoms with van der Waals surface area (Å²) in [5.74, 6) is -0.0326. The number of amides is 1. The van der Waals surface area contributed by atoms with E-state index in [-0.39, 0.29) is 17.5 Å². The van der Waals surface area contributed by atoms with Crippen LogP contribution in [0.15, 0.2) is 18.2 Å². The summed E-state index contributed by atoms with van der Waals surface area (Å²) in [7, 11) is 0. The van der Waals surface area contributed by atoms with Gasteiger partial charge in [-0.1, -0.05) is 6.92 Å². The van der Waals surface area contributed by atoms with Crippen molar-refractivity contribution in [3.05, 3.63) is 29.3 Å². The fourth-order valence-electron chi connectivity index (χ4n) is 3.75. The summed E-state index contributed by atoms with van der Waals surface area (Å²) in [6, 6.07) is 5.43. The molecule has 1 fully saturated rings. The van der Waals surface area contributed by atoms with Gasteiger partial charge in [0.05, 0.1) is 6.04 Å². The number of hydrogen-bond donors (Lipinski definition) is 1. The minimum Gasteiger partial charge on any atom is -0.369 e. The molecule has 1 amide bonds. The number of hydrogen-bond acceptors (Lipinski definition) is 5. The van der Waals surface area contributed by atoms with Gasteiger partial charge >= 0.3 is 0 Å². The number of anilines is 1. The van der Waals surface area contributed by atoms with Gasteiger partial charge < -0.3 is 15.1 Å². The van der Waals surface area contributed by atoms with Gasteiger partial charge in [0.15, 0.2) is 5.78 Å². The molecule has 2 heterocycles. The number of nitrogens with zero attached hydrogens (tertiary/aromatic N) is 2. The van der Waals surface area contributed by atoms with E-state index >= 15 is 0 Å². The molecule has 1 aromatic carbocycles. The zero-order valence-corrected chi connectivity index (χ0v) is 15.6. The van der Waals surface area contributed by atoms with Crippen LogP contribution in [-0.2, 0) is 16.1 Å². The number of rotatable bonds is 7. The summed E-state index contributed by atoms with van der Waals surface area (Å²) >= 11 is 0. The van der Waals surface area contributed by atoms with E-state index in [0.717, 1.165) is 37.4 Å². The van der Waals surface area contributed by atoms with Crippen molar-refractivity contribution in [3.8, 4) is 0 Å². The third-order valence-electron chi connectivity index (χ3n) is 5.34. The molecule has 1 N–H and O–H groups in total. The summed E-state index contributed by atoms with van der Waals surface area (Å²) in [5, 5.41) is 3.34. The van der Waals surface area contributed by atoms with Gasteiger partial charge in [0.25, 0.3) is 5.91 Å². The lowest BCUT2D eigenvalue weighted by atomic mass is 10.0. The molecule has 1 unspecified atom stereocenters. The Morgan fingerprint density at radius 2 is 1.96 bits per heavy atom. The first-order valence-electron chi connectivity index (χ1n) is 9.43. The first kappa shape index (κ1) is 18.6. The second kappa shape index (κ2) is 7.99. The minimum absolute atomic E-state index is 0.0580. The van der Waals surface area contributed by atoms with Crippen molar-refractivity contribution in [1.82, 2.24) is 10.2 Å². The zero-order valence-electron chi connectivity index (χ0n) is 15.6. The fourth-order valence-corrected chi connectivity index (χ4v) is 3.75. The summed E-state index contributed by atoms with van der Waals surface area (Å²) in [4.78, 5) is 40.5. The van der Waals surface area contributed by atoms with Gasteiger partial charge in [-0.25, -0.2) is 0 Å². The lowest BCUT2D eigenvalue weighted by Crippen LogP contribution is -2.43. The van der Waals surface area contributed by atoms with E-state index in [9.17, 15) is 14.4 Å². The summed E-state index contributed by atoms with van der Waals surface area (Å²) in [5.41, 5.74) is 2.77. The molecule has 0 aliphatic carbocycles. The Kier molecular flexibility index (Phi) is 5.71. The molecule has 26 heavy (non-hydrogen) atoms. The average molecular weight is 357 g/mol. The molecule has 2 aliphatic heterocycles. The van der Waals surface area contributed by atoms with Crippen LogP contribution in [0, 0.1) is 0 Å². The maximum absolute atomic E-state index is 12.8. The number of carbonyl (C=O) groups excluding carboxylic acids is 3. The maximum atomic E-state index is 12.8. The number of ketones is 2. The quantitative estimate of drug-likeness (QED) is 0.805. The molecule has 140 valence electrons. The van der Waals surface area contributed by atoms with Crippen LogP contribution in [-0.4, -0.2) is 54.6 Å². The lowest BCUT2D eigenvalue weighted by Gasteiger charge is -2.29. The first-order chi connectivity index (χ1) is 12.5. The Bertz CT molecular complexity index is 710. The number of Topliss-reactive ketones (excluding diaryl/α,β-unsaturated/α-hetero) is 2. The third-order valence-corrected chi connectivity index (χ3v) is 5.34. The van der Waals surface area contributed by atoms with Crippen molar-refractivity contribution in [2.24, 2.45) is 0 Å². The molecule has 1 atom stereocenters. The van der Waals surface area contributed by atoms with Crippen LogP contribution in [0.2, 0.25) is 0 Å². The van der Waals surface area contributed by atoms with Gasteiger partial charge in [-0.05, 0) is 37.1 Å². The molecule has 1 aromatic rings. The van der Waals surface area contributed by atoms with Crippen LogP contribution in [0.3, 0.4) is 0 Å². The van der Waals surface area contributed by atoms with E-state index in [4.69, 9.17) is 0 Å². The molecule has 1 saturated heterocycles. The maximum Gasteiger partial charge on any atom is 0.255 e. The van der Waals surface area contributed by atoms with Gasteiger partial charge in [0.2, 0.25) is 0 Å². The molecule has 0 bridgehead atoms. The van der Waals surface area contributed by atoms with Crippen molar-refractivity contribution < 1.29 is 14.4 Å². The van der Waals surface area contributed by atoms with Crippen LogP contribution in [0.1, 0.15) is 49.0 Å². The van der Waals surface area contributed by atoms with E-state index < -0.39 is 6.04 Å². The predicted molar refractivity (Wildman–Crippen MR) is 100 cm³/mol. The molecular formula is C20H27N3O3. The lowest BCUT2D eigenvalue weighted by molar-refractivity contribution is -0.122. The Morgan fingerprint density at radius 1 is 1.23 bits per heavy atom. The summed E-state index contributed by atoms with van der Waals surface area (Å²) < 4.78 is 0. The highest BCUT2D eigenvalue weighted by atomic mass is 16.2. The van der Waals surface area contributed by atoms with Crippen molar-refractivity contribution in [2.75, 3.05) is 31.1 Å². The Labute approximate surface area is 154 Å². The van der Waals surface area contributed by atoms with E-state index in [0.29, 0.717) is 31.4 Å². The molecule has 0 radical (unpaired) electrons. The van der Waals surface area contributed by atoms with Crippen molar-refractivity contribution in [1.29, 1.82) is 0 Å². The molecule has 0 spiro atoms. The molecule has 3 rings (SSSR count). The highest BCUT2D eigenvalue weighted by molar-refractivity contribution is 6.01. The van der Waals surface area contributed by atoms with Crippen molar-refractivity contribution >= 4 is 23.2 Å². The predicted octanol–water partition coefficient (Wildman–Crippen LogP) is 1.77. The fraction of sp³-hybridized carbons (Fsp3) is 0.550. The number of nitrogens with one attached hydrogen (secondary N) is 1. The van der Waals surface area contributed by atoms with Crippen molar-refractivity contribution in [2.45, 2.75) is 45.7 Å². The van der Waals surface area contributed by atoms with Gasteiger partial charge in [-0.2, -0.15) is 0 Å². The monoisotopic (exact) mass is 357 g/mol. The summed E-state index contributed by atoms with van der Waals surface area (Å²) in [6.07, 6.45) is 1.21. The Balaban J connectivity index is 1.76. The van der Waals surface area contributed by atoms with Crippen LogP contribution >= 0.6 is 0 Å². The third kappa shape index (κ3) is 3.80. The highest BCUT2D eigenvalue weighted by Crippen LogP contribution is 2.30. The van der Waals surface area contributed by atoms with E-state index in [1.54, 1.807) is 4.90 Å². The van der Waals surface area contributed by atoms with Crippen LogP contribution in [0.4, 0.5) is 5.69 Å². The highest BCUT2D eigenvalue weighted by Gasteiger charge is 2.35. The van der Waals surface area contributed by atoms with Crippen LogP contribution < -0.4 is 10.2 Å². The Morgan fingerprint density at radius 3 is 2.62 bits per heavy atom. The number of carbonyl (C=O) groups is 3. The Hall–Kier alpha value is -2.21. The zero-order chi connectivity index (χ0) is 18.7. The second-order valence-corrected chi connectivity index (χ2v) is 7.07. The standard InChI is InChI=1S/C20H27N3O3/c1-3-17(25)5-7-19(14(2)24)23-13-15-12-16(4-6-18(15)20(23)26)22-10-8-21-9-11-22/h4,6,12,19,21H,3,5,7-11,13H2,1-2H3. The van der Waals surface area contributed by atoms with Gasteiger partial charge in [-0.3, -0.25) is 14.4 Å². The van der Waals surface area contributed by atoms with Crippen LogP contribution in [0.5, 0.6) is 0 Å². The molecule has 0 saturated carbocycles. The van der Waals surface area contributed by atoms with Crippen molar-refractivity contribution in [3.63, 3.8) is 0 Å². The SMILES string of the molecule is CCC(=O)CCC(C(C)=O)N1Cc2cc(N3CCNCC3)ccc2C1=O. The van der Waals surface area contributed by atoms with Gasteiger partial charge in [0.1, 0.15) is 5.78 Å². The van der Waals surface area contributed by atoms with E-state index in [2.05, 4.69) is 16.3 Å². The molecule has 6 heteroatoms. The van der Waals surface area contributed by atoms with E-state index in [1.165, 1.54) is 6.92 Å². The average Bonchev–Trinajstić information content (AvgIpc) is 2.98. The smallest absolute Gasteiger partial charge is 0.255 e. The minimum atomic E-state index is -0.520. The summed E-state index contributed by atoms with van der Waals surface area (Å²) in [6.45, 7) is 7.58.